The molecule has 0 aliphatic rings. The van der Waals surface area contributed by atoms with E-state index in [2.05, 4.69) is 4.74 Å². The number of halogens is 2. The van der Waals surface area contributed by atoms with Crippen molar-refractivity contribution >= 4 is 29.2 Å². The second-order valence-corrected chi connectivity index (χ2v) is 2.88. The largest absolute Gasteiger partial charge is 0.461 e. The van der Waals surface area contributed by atoms with E-state index in [0.717, 1.165) is 0 Å². The van der Waals surface area contributed by atoms with Gasteiger partial charge in [0, 0.05) is 0 Å². The predicted octanol–water partition coefficient (Wildman–Crippen LogP) is 1.74. The first-order valence-electron chi connectivity index (χ1n) is 2.52. The number of hydrogen-bond acceptors (Lipinski definition) is 2. The Morgan fingerprint density at radius 2 is 1.89 bits per heavy atom. The maximum Gasteiger partial charge on any atom is 0.339 e. The summed E-state index contributed by atoms with van der Waals surface area (Å²) in [5.41, 5.74) is 0. The van der Waals surface area contributed by atoms with E-state index < -0.39 is 10.8 Å². The van der Waals surface area contributed by atoms with Crippen LogP contribution in [0.15, 0.2) is 0 Å². The van der Waals surface area contributed by atoms with Gasteiger partial charge in [-0.05, 0) is 13.8 Å². The molecule has 0 atom stereocenters. The van der Waals surface area contributed by atoms with Crippen LogP contribution in [0, 0.1) is 0 Å². The quantitative estimate of drug-likeness (QED) is 0.467. The average molecular weight is 171 g/mol. The Bertz CT molecular complexity index is 101. The number of alkyl halides is 2. The molecule has 0 aromatic carbocycles. The van der Waals surface area contributed by atoms with Gasteiger partial charge in [0.05, 0.1) is 6.10 Å². The first kappa shape index (κ1) is 9.05. The highest BCUT2D eigenvalue weighted by Gasteiger charge is 2.13. The lowest BCUT2D eigenvalue weighted by Crippen LogP contribution is -2.16. The van der Waals surface area contributed by atoms with E-state index in [0.29, 0.717) is 0 Å². The summed E-state index contributed by atoms with van der Waals surface area (Å²) in [7, 11) is 0. The predicted molar refractivity (Wildman–Crippen MR) is 36.7 cm³/mol. The molecule has 0 fully saturated rings. The molecule has 0 N–H and O–H groups in total. The fraction of sp³-hybridized carbons (Fsp3) is 0.800. The summed E-state index contributed by atoms with van der Waals surface area (Å²) in [6.07, 6.45) is -0.155. The third-order valence-electron chi connectivity index (χ3n) is 0.530. The molecule has 0 heterocycles. The number of hydrogen-bond donors (Lipinski definition) is 0. The third-order valence-corrected chi connectivity index (χ3v) is 0.886. The SMILES string of the molecule is CC(C)OC(=O)C(Cl)Cl. The van der Waals surface area contributed by atoms with Gasteiger partial charge in [0.2, 0.25) is 4.84 Å². The van der Waals surface area contributed by atoms with Crippen LogP contribution in [0.3, 0.4) is 0 Å². The molecule has 54 valence electrons. The first-order valence-corrected chi connectivity index (χ1v) is 3.40. The topological polar surface area (TPSA) is 26.3 Å². The lowest BCUT2D eigenvalue weighted by molar-refractivity contribution is -0.145. The zero-order valence-corrected chi connectivity index (χ0v) is 6.74. The summed E-state index contributed by atoms with van der Waals surface area (Å²) in [5.74, 6) is -0.590. The number of carbonyl (C=O) groups excluding carboxylic acids is 1. The average Bonchev–Trinajstić information content (AvgIpc) is 1.63. The van der Waals surface area contributed by atoms with Crippen LogP contribution in [0.1, 0.15) is 13.8 Å². The molecular formula is C5H8Cl2O2. The molecule has 0 rings (SSSR count). The monoisotopic (exact) mass is 170 g/mol. The maximum atomic E-state index is 10.5. The Morgan fingerprint density at radius 3 is 2.00 bits per heavy atom. The van der Waals surface area contributed by atoms with Gasteiger partial charge < -0.3 is 4.74 Å². The summed E-state index contributed by atoms with van der Waals surface area (Å²) < 4.78 is 4.61. The molecule has 0 aromatic rings. The Hall–Kier alpha value is 0.0500. The van der Waals surface area contributed by atoms with Crippen molar-refractivity contribution in [3.8, 4) is 0 Å². The van der Waals surface area contributed by atoms with E-state index in [1.54, 1.807) is 13.8 Å². The van der Waals surface area contributed by atoms with Crippen molar-refractivity contribution in [3.05, 3.63) is 0 Å². The summed E-state index contributed by atoms with van der Waals surface area (Å²) in [4.78, 5) is 9.40. The van der Waals surface area contributed by atoms with Crippen molar-refractivity contribution in [2.75, 3.05) is 0 Å². The summed E-state index contributed by atoms with van der Waals surface area (Å²) in [6.45, 7) is 3.46. The summed E-state index contributed by atoms with van der Waals surface area (Å²) in [6, 6.07) is 0. The fourth-order valence-electron chi connectivity index (χ4n) is 0.284. The van der Waals surface area contributed by atoms with Gasteiger partial charge in [-0.2, -0.15) is 0 Å². The van der Waals surface area contributed by atoms with Crippen molar-refractivity contribution in [2.45, 2.75) is 24.8 Å². The normalized spacial score (nSPS) is 10.4. The van der Waals surface area contributed by atoms with Crippen LogP contribution in [0.25, 0.3) is 0 Å². The minimum Gasteiger partial charge on any atom is -0.461 e. The third kappa shape index (κ3) is 4.55. The number of rotatable bonds is 2. The molecule has 0 bridgehead atoms. The van der Waals surface area contributed by atoms with E-state index >= 15 is 0 Å². The van der Waals surface area contributed by atoms with E-state index in [1.165, 1.54) is 0 Å². The van der Waals surface area contributed by atoms with Crippen molar-refractivity contribution in [2.24, 2.45) is 0 Å². The first-order chi connectivity index (χ1) is 4.04. The van der Waals surface area contributed by atoms with E-state index in [1.807, 2.05) is 0 Å². The fourth-order valence-corrected chi connectivity index (χ4v) is 0.387. The Morgan fingerprint density at radius 1 is 1.44 bits per heavy atom. The highest BCUT2D eigenvalue weighted by atomic mass is 35.5. The standard InChI is InChI=1S/C5H8Cl2O2/c1-3(2)9-5(8)4(6)7/h3-4H,1-2H3. The smallest absolute Gasteiger partial charge is 0.339 e. The highest BCUT2D eigenvalue weighted by molar-refractivity contribution is 6.52. The van der Waals surface area contributed by atoms with Crippen molar-refractivity contribution < 1.29 is 9.53 Å². The molecule has 9 heavy (non-hydrogen) atoms. The molecule has 0 spiro atoms. The lowest BCUT2D eigenvalue weighted by Gasteiger charge is -2.06. The molecule has 0 aliphatic carbocycles. The zero-order valence-electron chi connectivity index (χ0n) is 5.23. The van der Waals surface area contributed by atoms with Crippen LogP contribution in [0.2, 0.25) is 0 Å². The number of carbonyl (C=O) groups is 1. The van der Waals surface area contributed by atoms with Gasteiger partial charge >= 0.3 is 5.97 Å². The molecule has 0 amide bonds. The highest BCUT2D eigenvalue weighted by Crippen LogP contribution is 2.05. The lowest BCUT2D eigenvalue weighted by atomic mass is 10.5. The molecule has 0 radical (unpaired) electrons. The van der Waals surface area contributed by atoms with Gasteiger partial charge in [0.1, 0.15) is 0 Å². The van der Waals surface area contributed by atoms with Gasteiger partial charge in [-0.3, -0.25) is 0 Å². The molecule has 0 aliphatic heterocycles. The molecule has 0 saturated heterocycles. The Balaban J connectivity index is 3.51. The van der Waals surface area contributed by atoms with Crippen LogP contribution in [-0.4, -0.2) is 16.9 Å². The maximum absolute atomic E-state index is 10.5. The van der Waals surface area contributed by atoms with Gasteiger partial charge in [0.15, 0.2) is 0 Å². The van der Waals surface area contributed by atoms with Gasteiger partial charge in [0.25, 0.3) is 0 Å². The van der Waals surface area contributed by atoms with Crippen molar-refractivity contribution in [1.29, 1.82) is 0 Å². The van der Waals surface area contributed by atoms with Crippen LogP contribution in [-0.2, 0) is 9.53 Å². The Kier molecular flexibility index (Phi) is 3.98. The van der Waals surface area contributed by atoms with Crippen LogP contribution >= 0.6 is 23.2 Å². The van der Waals surface area contributed by atoms with Crippen molar-refractivity contribution in [3.63, 3.8) is 0 Å². The molecule has 0 unspecified atom stereocenters. The molecule has 2 nitrogen and oxygen atoms in total. The summed E-state index contributed by atoms with van der Waals surface area (Å²) in [5, 5.41) is 0. The Labute approximate surface area is 64.1 Å². The van der Waals surface area contributed by atoms with Gasteiger partial charge in [-0.1, -0.05) is 23.2 Å². The van der Waals surface area contributed by atoms with Crippen LogP contribution in [0.5, 0.6) is 0 Å². The van der Waals surface area contributed by atoms with Gasteiger partial charge in [-0.15, -0.1) is 0 Å². The second-order valence-electron chi connectivity index (χ2n) is 1.79. The zero-order chi connectivity index (χ0) is 7.44. The van der Waals surface area contributed by atoms with Crippen LogP contribution < -0.4 is 0 Å². The minimum atomic E-state index is -1.06. The molecule has 4 heteroatoms. The molecule has 0 aromatic heterocycles. The number of ether oxygens (including phenoxy) is 1. The minimum absolute atomic E-state index is 0.155. The molecular weight excluding hydrogens is 163 g/mol. The molecule has 0 saturated carbocycles. The van der Waals surface area contributed by atoms with Crippen LogP contribution in [0.4, 0.5) is 0 Å². The number of esters is 1. The summed E-state index contributed by atoms with van der Waals surface area (Å²) >= 11 is 10.3. The van der Waals surface area contributed by atoms with E-state index in [9.17, 15) is 4.79 Å². The van der Waals surface area contributed by atoms with E-state index in [-0.39, 0.29) is 6.10 Å². The van der Waals surface area contributed by atoms with E-state index in [4.69, 9.17) is 23.2 Å². The van der Waals surface area contributed by atoms with Gasteiger partial charge in [-0.25, -0.2) is 4.79 Å². The second kappa shape index (κ2) is 3.96. The van der Waals surface area contributed by atoms with Crippen molar-refractivity contribution in [1.82, 2.24) is 0 Å².